The van der Waals surface area contributed by atoms with E-state index < -0.39 is 54.4 Å². The van der Waals surface area contributed by atoms with Crippen molar-refractivity contribution in [3.05, 3.63) is 108 Å². The van der Waals surface area contributed by atoms with E-state index in [1.165, 1.54) is 14.0 Å². The molecule has 3 aromatic rings. The molecular weight excluding hydrogens is 532 g/mol. The quantitative estimate of drug-likeness (QED) is 0.297. The maximum Gasteiger partial charge on any atom is 0.366 e. The molecule has 6 atom stereocenters. The van der Waals surface area contributed by atoms with Crippen molar-refractivity contribution in [2.24, 2.45) is 0 Å². The molecule has 0 amide bonds. The van der Waals surface area contributed by atoms with Gasteiger partial charge >= 0.3 is 17.9 Å². The molecule has 5 rings (SSSR count). The zero-order valence-electron chi connectivity index (χ0n) is 22.5. The molecule has 2 heterocycles. The molecule has 0 saturated carbocycles. The fourth-order valence-corrected chi connectivity index (χ4v) is 4.66. The summed E-state index contributed by atoms with van der Waals surface area (Å²) >= 11 is 0. The van der Waals surface area contributed by atoms with Gasteiger partial charge in [-0.3, -0.25) is 0 Å². The Hall–Kier alpha value is -4.09. The van der Waals surface area contributed by atoms with Crippen LogP contribution < -0.4 is 0 Å². The molecule has 2 aliphatic rings. The van der Waals surface area contributed by atoms with Gasteiger partial charge in [0.1, 0.15) is 12.2 Å². The maximum atomic E-state index is 13.3. The van der Waals surface area contributed by atoms with E-state index in [4.69, 9.17) is 33.2 Å². The van der Waals surface area contributed by atoms with Crippen molar-refractivity contribution in [3.63, 3.8) is 0 Å². The molecule has 2 fully saturated rings. The summed E-state index contributed by atoms with van der Waals surface area (Å²) in [6.07, 6.45) is -5.62. The van der Waals surface area contributed by atoms with Gasteiger partial charge in [-0.15, -0.1) is 0 Å². The summed E-state index contributed by atoms with van der Waals surface area (Å²) in [6, 6.07) is 26.1. The molecule has 41 heavy (non-hydrogen) atoms. The van der Waals surface area contributed by atoms with Crippen LogP contribution in [-0.2, 0) is 44.6 Å². The molecule has 0 spiro atoms. The Bertz CT molecular complexity index is 1330. The first-order valence-corrected chi connectivity index (χ1v) is 13.1. The lowest BCUT2D eigenvalue weighted by Crippen LogP contribution is -2.68. The van der Waals surface area contributed by atoms with Gasteiger partial charge in [0.2, 0.25) is 0 Å². The number of fused-ring (bicyclic) bond motifs is 1. The molecule has 1 unspecified atom stereocenters. The number of hydrogen-bond acceptors (Lipinski definition) is 10. The third-order valence-electron chi connectivity index (χ3n) is 6.79. The lowest BCUT2D eigenvalue weighted by molar-refractivity contribution is -0.378. The van der Waals surface area contributed by atoms with Crippen LogP contribution in [0.15, 0.2) is 91.0 Å². The normalized spacial score (nSPS) is 27.2. The van der Waals surface area contributed by atoms with Gasteiger partial charge in [0.05, 0.1) is 31.5 Å². The first-order chi connectivity index (χ1) is 19.9. The zero-order chi connectivity index (χ0) is 28.8. The number of benzene rings is 3. The summed E-state index contributed by atoms with van der Waals surface area (Å²) in [5, 5.41) is 0. The van der Waals surface area contributed by atoms with Gasteiger partial charge in [-0.05, 0) is 29.8 Å². The molecule has 0 bridgehead atoms. The summed E-state index contributed by atoms with van der Waals surface area (Å²) < 4.78 is 40.8. The summed E-state index contributed by atoms with van der Waals surface area (Å²) in [4.78, 5) is 39.1. The highest BCUT2D eigenvalue weighted by molar-refractivity contribution is 5.90. The van der Waals surface area contributed by atoms with E-state index in [1.54, 1.807) is 60.7 Å². The van der Waals surface area contributed by atoms with Crippen molar-refractivity contribution in [2.45, 2.75) is 50.0 Å². The van der Waals surface area contributed by atoms with Crippen molar-refractivity contribution < 1.29 is 47.5 Å². The molecule has 214 valence electrons. The van der Waals surface area contributed by atoms with Gasteiger partial charge in [0.25, 0.3) is 5.79 Å². The minimum Gasteiger partial charge on any atom is -0.465 e. The maximum absolute atomic E-state index is 13.3. The van der Waals surface area contributed by atoms with E-state index >= 15 is 0 Å². The summed E-state index contributed by atoms with van der Waals surface area (Å²) in [6.45, 7) is 1.40. The van der Waals surface area contributed by atoms with Gasteiger partial charge in [-0.25, -0.2) is 14.4 Å². The van der Waals surface area contributed by atoms with E-state index in [0.29, 0.717) is 0 Å². The lowest BCUT2D eigenvalue weighted by atomic mass is 9.96. The van der Waals surface area contributed by atoms with E-state index in [1.807, 2.05) is 30.3 Å². The van der Waals surface area contributed by atoms with Crippen LogP contribution in [0.4, 0.5) is 0 Å². The number of esters is 3. The van der Waals surface area contributed by atoms with Crippen molar-refractivity contribution in [1.29, 1.82) is 0 Å². The van der Waals surface area contributed by atoms with Gasteiger partial charge < -0.3 is 33.2 Å². The SMILES string of the molecule is COC(=O)C1(C)OC[C@H]2O[C@H](OCc3ccccc3)[C@@H](OC(=O)c3ccccc3)[C@@H](OC(=O)c3ccccc3)[C@@H]2O1. The summed E-state index contributed by atoms with van der Waals surface area (Å²) in [5.74, 6) is -3.98. The van der Waals surface area contributed by atoms with Gasteiger partial charge in [-0.2, -0.15) is 0 Å². The topological polar surface area (TPSA) is 116 Å². The third-order valence-corrected chi connectivity index (χ3v) is 6.79. The Morgan fingerprint density at radius 1 is 0.805 bits per heavy atom. The average molecular weight is 563 g/mol. The van der Waals surface area contributed by atoms with E-state index in [2.05, 4.69) is 0 Å². The molecular formula is C31H30O10. The number of carbonyl (C=O) groups excluding carboxylic acids is 3. The standard InChI is InChI=1S/C31H30O10/c1-31(30(34)35-2)37-19-23-24(41-31)25(39-27(32)21-14-8-4-9-15-21)26(40-28(33)22-16-10-5-11-17-22)29(38-23)36-18-20-12-6-3-7-13-20/h3-17,23-26,29H,18-19H2,1-2H3/t23-,24-,25+,26+,29+,31?/m1/s1. The van der Waals surface area contributed by atoms with Crippen molar-refractivity contribution in [2.75, 3.05) is 13.7 Å². The average Bonchev–Trinajstić information content (AvgIpc) is 3.02. The van der Waals surface area contributed by atoms with Gasteiger partial charge in [-0.1, -0.05) is 66.7 Å². The second kappa shape index (κ2) is 12.6. The molecule has 10 nitrogen and oxygen atoms in total. The highest BCUT2D eigenvalue weighted by Crippen LogP contribution is 2.37. The highest BCUT2D eigenvalue weighted by atomic mass is 16.8. The Morgan fingerprint density at radius 2 is 1.34 bits per heavy atom. The number of methoxy groups -OCH3 is 1. The van der Waals surface area contributed by atoms with Crippen LogP contribution in [0.1, 0.15) is 33.2 Å². The van der Waals surface area contributed by atoms with E-state index in [0.717, 1.165) is 5.56 Å². The predicted octanol–water partition coefficient (Wildman–Crippen LogP) is 3.68. The molecule has 10 heteroatoms. The molecule has 0 N–H and O–H groups in total. The number of ether oxygens (including phenoxy) is 7. The first kappa shape index (κ1) is 28.4. The number of carbonyl (C=O) groups is 3. The second-order valence-corrected chi connectivity index (χ2v) is 9.64. The minimum absolute atomic E-state index is 0.111. The summed E-state index contributed by atoms with van der Waals surface area (Å²) in [7, 11) is 1.20. The Kier molecular flexibility index (Phi) is 8.75. The third kappa shape index (κ3) is 6.47. The van der Waals surface area contributed by atoms with E-state index in [-0.39, 0.29) is 24.3 Å². The number of rotatable bonds is 8. The molecule has 0 aliphatic carbocycles. The minimum atomic E-state index is -1.82. The van der Waals surface area contributed by atoms with Crippen molar-refractivity contribution in [1.82, 2.24) is 0 Å². The highest BCUT2D eigenvalue weighted by Gasteiger charge is 2.58. The molecule has 2 saturated heterocycles. The Balaban J connectivity index is 1.50. The molecule has 3 aromatic carbocycles. The fraction of sp³-hybridized carbons (Fsp3) is 0.323. The first-order valence-electron chi connectivity index (χ1n) is 13.1. The Labute approximate surface area is 237 Å². The predicted molar refractivity (Wildman–Crippen MR) is 142 cm³/mol. The van der Waals surface area contributed by atoms with Crippen molar-refractivity contribution >= 4 is 17.9 Å². The van der Waals surface area contributed by atoms with Crippen LogP contribution >= 0.6 is 0 Å². The smallest absolute Gasteiger partial charge is 0.366 e. The lowest BCUT2D eigenvalue weighted by Gasteiger charge is -2.49. The molecule has 2 aliphatic heterocycles. The second-order valence-electron chi connectivity index (χ2n) is 9.64. The summed E-state index contributed by atoms with van der Waals surface area (Å²) in [5.41, 5.74) is 1.39. The zero-order valence-corrected chi connectivity index (χ0v) is 22.5. The van der Waals surface area contributed by atoms with Crippen molar-refractivity contribution in [3.8, 4) is 0 Å². The van der Waals surface area contributed by atoms with Crippen LogP contribution in [0.3, 0.4) is 0 Å². The van der Waals surface area contributed by atoms with Crippen LogP contribution in [-0.4, -0.2) is 68.1 Å². The van der Waals surface area contributed by atoms with Crippen LogP contribution in [0.2, 0.25) is 0 Å². The largest absolute Gasteiger partial charge is 0.465 e. The fourth-order valence-electron chi connectivity index (χ4n) is 4.66. The Morgan fingerprint density at radius 3 is 1.90 bits per heavy atom. The van der Waals surface area contributed by atoms with Crippen LogP contribution in [0.25, 0.3) is 0 Å². The molecule has 0 radical (unpaired) electrons. The van der Waals surface area contributed by atoms with Gasteiger partial charge in [0, 0.05) is 6.92 Å². The molecule has 0 aromatic heterocycles. The monoisotopic (exact) mass is 562 g/mol. The number of hydrogen-bond donors (Lipinski definition) is 0. The van der Waals surface area contributed by atoms with Gasteiger partial charge in [0.15, 0.2) is 18.5 Å². The van der Waals surface area contributed by atoms with E-state index in [9.17, 15) is 14.4 Å². The van der Waals surface area contributed by atoms with Crippen LogP contribution in [0, 0.1) is 0 Å². The van der Waals surface area contributed by atoms with Crippen LogP contribution in [0.5, 0.6) is 0 Å².